The van der Waals surface area contributed by atoms with Crippen molar-refractivity contribution in [3.05, 3.63) is 89.5 Å². The molecule has 254 valence electrons. The highest BCUT2D eigenvalue weighted by Gasteiger charge is 2.30. The van der Waals surface area contributed by atoms with Gasteiger partial charge in [-0.3, -0.25) is 14.5 Å². The summed E-state index contributed by atoms with van der Waals surface area (Å²) in [4.78, 5) is 31.2. The van der Waals surface area contributed by atoms with Crippen molar-refractivity contribution in [3.63, 3.8) is 0 Å². The van der Waals surface area contributed by atoms with Gasteiger partial charge in [-0.2, -0.15) is 0 Å². The SMILES string of the molecule is COc1ccc(CN(C)C[C@@H]2OCCCC[C@@H](C)Oc3ccc(NC(=O)Cc4ccccc4)cc3C(=O)N([C@@H](C)CO)C[C@H]2C)cc1. The van der Waals surface area contributed by atoms with Crippen molar-refractivity contribution >= 4 is 17.5 Å². The van der Waals surface area contributed by atoms with Crippen LogP contribution in [0.4, 0.5) is 5.69 Å². The molecular formula is C38H51N3O6. The van der Waals surface area contributed by atoms with Crippen molar-refractivity contribution in [2.75, 3.05) is 45.8 Å². The lowest BCUT2D eigenvalue weighted by atomic mass is 10.0. The fourth-order valence-electron chi connectivity index (χ4n) is 5.86. The van der Waals surface area contributed by atoms with E-state index in [1.54, 1.807) is 30.2 Å². The zero-order valence-electron chi connectivity index (χ0n) is 28.5. The van der Waals surface area contributed by atoms with E-state index >= 15 is 0 Å². The molecule has 0 aromatic heterocycles. The molecule has 2 amide bonds. The molecule has 0 fully saturated rings. The maximum Gasteiger partial charge on any atom is 0.258 e. The van der Waals surface area contributed by atoms with Crippen LogP contribution >= 0.6 is 0 Å². The molecule has 0 unspecified atom stereocenters. The molecule has 9 nitrogen and oxygen atoms in total. The van der Waals surface area contributed by atoms with E-state index in [2.05, 4.69) is 36.3 Å². The molecule has 4 atom stereocenters. The predicted octanol–water partition coefficient (Wildman–Crippen LogP) is 5.80. The van der Waals surface area contributed by atoms with Crippen LogP contribution in [0, 0.1) is 5.92 Å². The van der Waals surface area contributed by atoms with Gasteiger partial charge in [0.15, 0.2) is 0 Å². The van der Waals surface area contributed by atoms with E-state index < -0.39 is 6.04 Å². The number of aliphatic hydroxyl groups is 1. The van der Waals surface area contributed by atoms with Gasteiger partial charge >= 0.3 is 0 Å². The van der Waals surface area contributed by atoms with Crippen molar-refractivity contribution < 1.29 is 28.9 Å². The minimum Gasteiger partial charge on any atom is -0.497 e. The van der Waals surface area contributed by atoms with Gasteiger partial charge in [0.2, 0.25) is 5.91 Å². The summed E-state index contributed by atoms with van der Waals surface area (Å²) in [7, 11) is 3.74. The lowest BCUT2D eigenvalue weighted by Gasteiger charge is -2.36. The van der Waals surface area contributed by atoms with Crippen molar-refractivity contribution in [2.45, 2.75) is 71.2 Å². The van der Waals surface area contributed by atoms with Gasteiger partial charge in [0, 0.05) is 37.8 Å². The number of fused-ring (bicyclic) bond motifs is 1. The molecule has 1 heterocycles. The number of anilines is 1. The standard InChI is InChI=1S/C38H51N3O6/c1-27-23-41(28(2)26-42)38(44)34-22-32(39-37(43)21-30-12-7-6-8-13-30)16-19-35(34)47-29(3)11-9-10-20-46-36(27)25-40(4)24-31-14-17-33(45-5)18-15-31/h6-8,12-19,22,27-29,36,42H,9-11,20-21,23-26H2,1-5H3,(H,39,43)/t27-,28+,29-,36+/m1/s1. The van der Waals surface area contributed by atoms with Crippen LogP contribution < -0.4 is 14.8 Å². The van der Waals surface area contributed by atoms with Crippen molar-refractivity contribution in [1.29, 1.82) is 0 Å². The summed E-state index contributed by atoms with van der Waals surface area (Å²) < 4.78 is 18.1. The van der Waals surface area contributed by atoms with Gasteiger partial charge in [-0.15, -0.1) is 0 Å². The van der Waals surface area contributed by atoms with Crippen LogP contribution in [0.3, 0.4) is 0 Å². The average Bonchev–Trinajstić information content (AvgIpc) is 3.06. The van der Waals surface area contributed by atoms with Crippen LogP contribution in [0.15, 0.2) is 72.8 Å². The Kier molecular flexibility index (Phi) is 13.6. The summed E-state index contributed by atoms with van der Waals surface area (Å²) in [5, 5.41) is 13.2. The topological polar surface area (TPSA) is 101 Å². The van der Waals surface area contributed by atoms with E-state index in [0.29, 0.717) is 36.7 Å². The zero-order chi connectivity index (χ0) is 33.8. The van der Waals surface area contributed by atoms with Crippen LogP contribution in [-0.2, 0) is 22.5 Å². The first-order valence-corrected chi connectivity index (χ1v) is 16.7. The largest absolute Gasteiger partial charge is 0.497 e. The van der Waals surface area contributed by atoms with Crippen LogP contribution in [0.5, 0.6) is 11.5 Å². The predicted molar refractivity (Wildman–Crippen MR) is 185 cm³/mol. The molecular weight excluding hydrogens is 594 g/mol. The summed E-state index contributed by atoms with van der Waals surface area (Å²) in [6.07, 6.45) is 2.58. The Bertz CT molecular complexity index is 1420. The molecule has 0 spiro atoms. The van der Waals surface area contributed by atoms with Gasteiger partial charge in [-0.05, 0) is 81.6 Å². The minimum absolute atomic E-state index is 0.0359. The number of aliphatic hydroxyl groups excluding tert-OH is 1. The molecule has 0 saturated heterocycles. The van der Waals surface area contributed by atoms with Crippen molar-refractivity contribution in [3.8, 4) is 11.5 Å². The normalized spacial score (nSPS) is 20.1. The number of carbonyl (C=O) groups excluding carboxylic acids is 2. The smallest absolute Gasteiger partial charge is 0.258 e. The summed E-state index contributed by atoms with van der Waals surface area (Å²) in [5.41, 5.74) is 2.94. The Morgan fingerprint density at radius 1 is 1.06 bits per heavy atom. The third kappa shape index (κ3) is 10.8. The van der Waals surface area contributed by atoms with E-state index in [9.17, 15) is 14.7 Å². The first kappa shape index (κ1) is 35.9. The lowest BCUT2D eigenvalue weighted by molar-refractivity contribution is -0.115. The zero-order valence-corrected chi connectivity index (χ0v) is 28.5. The number of amides is 2. The summed E-state index contributed by atoms with van der Waals surface area (Å²) in [6, 6.07) is 22.4. The second-order valence-corrected chi connectivity index (χ2v) is 12.8. The fourth-order valence-corrected chi connectivity index (χ4v) is 5.86. The number of hydrogen-bond donors (Lipinski definition) is 2. The Labute approximate surface area is 279 Å². The second kappa shape index (κ2) is 17.8. The molecule has 2 N–H and O–H groups in total. The first-order chi connectivity index (χ1) is 22.7. The number of hydrogen-bond acceptors (Lipinski definition) is 7. The number of carbonyl (C=O) groups is 2. The molecule has 0 aliphatic carbocycles. The number of methoxy groups -OCH3 is 1. The minimum atomic E-state index is -0.447. The third-order valence-corrected chi connectivity index (χ3v) is 8.65. The summed E-state index contributed by atoms with van der Waals surface area (Å²) in [6.45, 7) is 8.16. The summed E-state index contributed by atoms with van der Waals surface area (Å²) in [5.74, 6) is 0.820. The van der Waals surface area contributed by atoms with Crippen LogP contribution in [0.25, 0.3) is 0 Å². The Morgan fingerprint density at radius 3 is 2.51 bits per heavy atom. The molecule has 0 saturated carbocycles. The van der Waals surface area contributed by atoms with E-state index in [-0.39, 0.29) is 43.0 Å². The highest BCUT2D eigenvalue weighted by atomic mass is 16.5. The van der Waals surface area contributed by atoms with E-state index in [0.717, 1.165) is 37.1 Å². The van der Waals surface area contributed by atoms with Gasteiger partial charge in [-0.25, -0.2) is 0 Å². The number of likely N-dealkylation sites (N-methyl/N-ethyl adjacent to an activating group) is 1. The Morgan fingerprint density at radius 2 is 1.81 bits per heavy atom. The highest BCUT2D eigenvalue weighted by Crippen LogP contribution is 2.29. The van der Waals surface area contributed by atoms with Crippen molar-refractivity contribution in [1.82, 2.24) is 9.80 Å². The number of rotatable bonds is 10. The molecule has 0 bridgehead atoms. The Hall–Kier alpha value is -3.92. The van der Waals surface area contributed by atoms with E-state index in [1.165, 1.54) is 5.56 Å². The van der Waals surface area contributed by atoms with Crippen LogP contribution in [-0.4, -0.2) is 85.4 Å². The van der Waals surface area contributed by atoms with Crippen LogP contribution in [0.2, 0.25) is 0 Å². The molecule has 9 heteroatoms. The van der Waals surface area contributed by atoms with Crippen LogP contribution in [0.1, 0.15) is 61.5 Å². The molecule has 4 rings (SSSR count). The van der Waals surface area contributed by atoms with Crippen molar-refractivity contribution in [2.24, 2.45) is 5.92 Å². The highest BCUT2D eigenvalue weighted by molar-refractivity contribution is 6.00. The van der Waals surface area contributed by atoms with Gasteiger partial charge in [0.25, 0.3) is 5.91 Å². The maximum absolute atomic E-state index is 14.4. The lowest BCUT2D eigenvalue weighted by Crippen LogP contribution is -2.47. The molecule has 3 aromatic rings. The maximum atomic E-state index is 14.4. The monoisotopic (exact) mass is 645 g/mol. The second-order valence-electron chi connectivity index (χ2n) is 12.8. The summed E-state index contributed by atoms with van der Waals surface area (Å²) >= 11 is 0. The number of nitrogens with zero attached hydrogens (tertiary/aromatic N) is 2. The number of nitrogens with one attached hydrogen (secondary N) is 1. The van der Waals surface area contributed by atoms with Gasteiger partial charge in [0.05, 0.1) is 44.0 Å². The van der Waals surface area contributed by atoms with Gasteiger partial charge in [-0.1, -0.05) is 49.4 Å². The van der Waals surface area contributed by atoms with Gasteiger partial charge < -0.3 is 29.5 Å². The van der Waals surface area contributed by atoms with Gasteiger partial charge in [0.1, 0.15) is 11.5 Å². The molecule has 3 aromatic carbocycles. The molecule has 0 radical (unpaired) electrons. The quantitative estimate of drug-likeness (QED) is 0.287. The van der Waals surface area contributed by atoms with E-state index in [4.69, 9.17) is 14.2 Å². The first-order valence-electron chi connectivity index (χ1n) is 16.7. The third-order valence-electron chi connectivity index (χ3n) is 8.65. The fraction of sp³-hybridized carbons (Fsp3) is 0.474. The number of ether oxygens (including phenoxy) is 3. The number of benzene rings is 3. The van der Waals surface area contributed by atoms with E-state index in [1.807, 2.05) is 56.3 Å². The molecule has 47 heavy (non-hydrogen) atoms. The Balaban J connectivity index is 1.57. The molecule has 1 aliphatic rings. The molecule has 1 aliphatic heterocycles. The average molecular weight is 646 g/mol.